The molecular weight excluding hydrogens is 514 g/mol. The van der Waals surface area contributed by atoms with E-state index in [9.17, 15) is 26.0 Å². The zero-order valence-corrected chi connectivity index (χ0v) is 20.0. The molecule has 0 fully saturated rings. The van der Waals surface area contributed by atoms with Gasteiger partial charge < -0.3 is 14.8 Å². The van der Waals surface area contributed by atoms with Crippen molar-refractivity contribution in [3.05, 3.63) is 102 Å². The van der Waals surface area contributed by atoms with Crippen molar-refractivity contribution in [3.8, 4) is 17.2 Å². The number of rotatable bonds is 9. The third-order valence-corrected chi connectivity index (χ3v) is 6.37. The molecule has 37 heavy (non-hydrogen) atoms. The maximum atomic E-state index is 14.3. The molecule has 0 aliphatic rings. The molecule has 0 radical (unpaired) electrons. The van der Waals surface area contributed by atoms with E-state index < -0.39 is 43.9 Å². The minimum atomic E-state index is -4.97. The second kappa shape index (κ2) is 10.7. The number of hydrogen-bond donors (Lipinski definition) is 2. The zero-order chi connectivity index (χ0) is 26.6. The number of hydrogen-bond acceptors (Lipinski definition) is 6. The van der Waals surface area contributed by atoms with Gasteiger partial charge in [0.05, 0.1) is 7.11 Å². The van der Waals surface area contributed by atoms with Gasteiger partial charge in [0.1, 0.15) is 23.1 Å². The molecule has 0 unspecified atom stereocenters. The van der Waals surface area contributed by atoms with Gasteiger partial charge in [0.25, 0.3) is 10.0 Å². The van der Waals surface area contributed by atoms with Crippen molar-refractivity contribution in [2.75, 3.05) is 17.1 Å². The molecule has 7 nitrogen and oxygen atoms in total. The maximum Gasteiger partial charge on any atom is 0.269 e. The fourth-order valence-corrected chi connectivity index (χ4v) is 4.56. The van der Waals surface area contributed by atoms with Crippen molar-refractivity contribution < 1.29 is 35.5 Å². The molecular formula is C25H19F4N3O4S. The molecule has 0 saturated heterocycles. The predicted octanol–water partition coefficient (Wildman–Crippen LogP) is 5.85. The molecule has 12 heteroatoms. The number of benzene rings is 3. The summed E-state index contributed by atoms with van der Waals surface area (Å²) >= 11 is 0. The molecule has 192 valence electrons. The third-order valence-electron chi connectivity index (χ3n) is 4.99. The van der Waals surface area contributed by atoms with Gasteiger partial charge in [0.15, 0.2) is 22.3 Å². The number of pyridine rings is 1. The van der Waals surface area contributed by atoms with Gasteiger partial charge >= 0.3 is 0 Å². The first-order valence-electron chi connectivity index (χ1n) is 10.6. The highest BCUT2D eigenvalue weighted by atomic mass is 32.2. The molecule has 0 saturated carbocycles. The minimum absolute atomic E-state index is 0.235. The van der Waals surface area contributed by atoms with E-state index in [1.54, 1.807) is 24.3 Å². The van der Waals surface area contributed by atoms with Crippen LogP contribution < -0.4 is 19.5 Å². The monoisotopic (exact) mass is 533 g/mol. The highest BCUT2D eigenvalue weighted by molar-refractivity contribution is 7.92. The van der Waals surface area contributed by atoms with Crippen LogP contribution in [0.5, 0.6) is 17.2 Å². The lowest BCUT2D eigenvalue weighted by Gasteiger charge is -2.14. The molecule has 0 amide bonds. The molecule has 0 bridgehead atoms. The Morgan fingerprint density at radius 3 is 2.16 bits per heavy atom. The number of sulfonamides is 1. The van der Waals surface area contributed by atoms with E-state index in [1.165, 1.54) is 12.1 Å². The fraction of sp³-hybridized carbons (Fsp3) is 0.0800. The van der Waals surface area contributed by atoms with E-state index in [1.807, 2.05) is 41.1 Å². The highest BCUT2D eigenvalue weighted by Crippen LogP contribution is 2.34. The van der Waals surface area contributed by atoms with Crippen LogP contribution in [-0.2, 0) is 16.6 Å². The lowest BCUT2D eigenvalue weighted by Crippen LogP contribution is -2.19. The number of halogens is 4. The van der Waals surface area contributed by atoms with Crippen LogP contribution in [0, 0.1) is 23.3 Å². The molecule has 3 aromatic carbocycles. The van der Waals surface area contributed by atoms with Gasteiger partial charge in [-0.1, -0.05) is 36.4 Å². The zero-order valence-electron chi connectivity index (χ0n) is 19.1. The summed E-state index contributed by atoms with van der Waals surface area (Å²) in [6, 6.07) is 20.7. The van der Waals surface area contributed by atoms with Crippen molar-refractivity contribution in [1.82, 2.24) is 4.98 Å². The highest BCUT2D eigenvalue weighted by Gasteiger charge is 2.34. The molecule has 2 N–H and O–H groups in total. The van der Waals surface area contributed by atoms with Gasteiger partial charge in [-0.3, -0.25) is 4.72 Å². The van der Waals surface area contributed by atoms with Gasteiger partial charge in [-0.05, 0) is 42.0 Å². The SMILES string of the molecule is COc1c(F)c(F)c(F)c(F)c1S(=O)(=O)Nc1cccc(NCc2cccc(Oc3ccccc3)c2)n1. The van der Waals surface area contributed by atoms with E-state index in [4.69, 9.17) is 4.74 Å². The number of para-hydroxylation sites is 1. The summed E-state index contributed by atoms with van der Waals surface area (Å²) in [5.74, 6) is -8.69. The first-order valence-corrected chi connectivity index (χ1v) is 12.1. The molecule has 1 heterocycles. The van der Waals surface area contributed by atoms with Gasteiger partial charge in [-0.2, -0.15) is 4.39 Å². The van der Waals surface area contributed by atoms with Crippen molar-refractivity contribution >= 4 is 21.7 Å². The van der Waals surface area contributed by atoms with Crippen molar-refractivity contribution in [2.45, 2.75) is 11.4 Å². The Morgan fingerprint density at radius 2 is 1.43 bits per heavy atom. The number of aromatic nitrogens is 1. The second-order valence-corrected chi connectivity index (χ2v) is 9.17. The standard InChI is InChI=1S/C25H19F4N3O4S/c1-35-24-22(28)20(26)21(27)23(29)25(24)37(33,34)32-19-12-6-11-18(31-19)30-14-15-7-5-10-17(13-15)36-16-8-3-2-4-9-16/h2-13H,14H2,1H3,(H2,30,31,32). The molecule has 4 rings (SSSR count). The quantitative estimate of drug-likeness (QED) is 0.159. The smallest absolute Gasteiger partial charge is 0.269 e. The van der Waals surface area contributed by atoms with E-state index in [0.717, 1.165) is 12.7 Å². The van der Waals surface area contributed by atoms with E-state index in [0.29, 0.717) is 11.5 Å². The van der Waals surface area contributed by atoms with Crippen LogP contribution in [0.3, 0.4) is 0 Å². The van der Waals surface area contributed by atoms with Crippen LogP contribution >= 0.6 is 0 Å². The summed E-state index contributed by atoms with van der Waals surface area (Å²) in [5.41, 5.74) is 0.824. The van der Waals surface area contributed by atoms with Crippen LogP contribution in [-0.4, -0.2) is 20.5 Å². The van der Waals surface area contributed by atoms with Crippen LogP contribution in [0.15, 0.2) is 77.7 Å². The Hall–Kier alpha value is -4.32. The largest absolute Gasteiger partial charge is 0.492 e. The first kappa shape index (κ1) is 25.8. The Balaban J connectivity index is 1.51. The summed E-state index contributed by atoms with van der Waals surface area (Å²) < 4.78 is 93.3. The summed E-state index contributed by atoms with van der Waals surface area (Å²) in [7, 11) is -4.18. The average molecular weight is 534 g/mol. The van der Waals surface area contributed by atoms with E-state index in [2.05, 4.69) is 15.0 Å². The van der Waals surface area contributed by atoms with Crippen LogP contribution in [0.25, 0.3) is 0 Å². The van der Waals surface area contributed by atoms with Gasteiger partial charge in [0.2, 0.25) is 11.6 Å². The predicted molar refractivity (Wildman–Crippen MR) is 128 cm³/mol. The number of anilines is 2. The van der Waals surface area contributed by atoms with E-state index >= 15 is 0 Å². The fourth-order valence-electron chi connectivity index (χ4n) is 3.33. The molecule has 0 spiro atoms. The van der Waals surface area contributed by atoms with Crippen molar-refractivity contribution in [3.63, 3.8) is 0 Å². The Morgan fingerprint density at radius 1 is 0.784 bits per heavy atom. The van der Waals surface area contributed by atoms with Crippen LogP contribution in [0.4, 0.5) is 29.2 Å². The number of nitrogens with zero attached hydrogens (tertiary/aromatic N) is 1. The topological polar surface area (TPSA) is 89.6 Å². The first-order chi connectivity index (χ1) is 17.7. The third kappa shape index (κ3) is 5.75. The summed E-state index contributed by atoms with van der Waals surface area (Å²) in [6.07, 6.45) is 0. The second-order valence-electron chi connectivity index (χ2n) is 7.55. The van der Waals surface area contributed by atoms with Gasteiger partial charge in [-0.15, -0.1) is 0 Å². The number of methoxy groups -OCH3 is 1. The van der Waals surface area contributed by atoms with E-state index in [-0.39, 0.29) is 18.2 Å². The molecule has 1 aromatic heterocycles. The number of nitrogens with one attached hydrogen (secondary N) is 2. The van der Waals surface area contributed by atoms with Crippen molar-refractivity contribution in [2.24, 2.45) is 0 Å². The molecule has 0 aliphatic heterocycles. The Labute approximate surface area is 209 Å². The maximum absolute atomic E-state index is 14.3. The minimum Gasteiger partial charge on any atom is -0.492 e. The summed E-state index contributed by atoms with van der Waals surface area (Å²) in [6.45, 7) is 0.284. The van der Waals surface area contributed by atoms with Crippen LogP contribution in [0.2, 0.25) is 0 Å². The van der Waals surface area contributed by atoms with Crippen LogP contribution in [0.1, 0.15) is 5.56 Å². The number of ether oxygens (including phenoxy) is 2. The average Bonchev–Trinajstić information content (AvgIpc) is 2.89. The van der Waals surface area contributed by atoms with Crippen molar-refractivity contribution in [1.29, 1.82) is 0 Å². The molecule has 4 aromatic rings. The van der Waals surface area contributed by atoms with Gasteiger partial charge in [0, 0.05) is 6.54 Å². The lowest BCUT2D eigenvalue weighted by molar-refractivity contribution is 0.328. The Bertz CT molecular complexity index is 1540. The summed E-state index contributed by atoms with van der Waals surface area (Å²) in [5, 5.41) is 3.01. The lowest BCUT2D eigenvalue weighted by atomic mass is 10.2. The Kier molecular flexibility index (Phi) is 7.48. The van der Waals surface area contributed by atoms with Gasteiger partial charge in [-0.25, -0.2) is 26.6 Å². The molecule has 0 aliphatic carbocycles. The summed E-state index contributed by atoms with van der Waals surface area (Å²) in [4.78, 5) is 2.55. The normalized spacial score (nSPS) is 11.2. The molecule has 0 atom stereocenters.